The van der Waals surface area contributed by atoms with Crippen LogP contribution in [0.2, 0.25) is 0 Å². The van der Waals surface area contributed by atoms with Gasteiger partial charge in [-0.05, 0) is 19.3 Å². The number of unbranched alkanes of at least 4 members (excludes halogenated alkanes) is 1. The number of aromatic nitrogens is 2. The van der Waals surface area contributed by atoms with Crippen LogP contribution >= 0.6 is 0 Å². The minimum absolute atomic E-state index is 0.251. The van der Waals surface area contributed by atoms with E-state index in [9.17, 15) is 5.11 Å². The number of nitrogens with zero attached hydrogens (tertiary/aromatic N) is 2. The van der Waals surface area contributed by atoms with Gasteiger partial charge in [-0.15, -0.1) is 0 Å². The van der Waals surface area contributed by atoms with E-state index >= 15 is 0 Å². The molecule has 0 aromatic carbocycles. The van der Waals surface area contributed by atoms with E-state index in [1.54, 1.807) is 0 Å². The topological polar surface area (TPSA) is 38.1 Å². The van der Waals surface area contributed by atoms with Crippen LogP contribution in [0.15, 0.2) is 12.4 Å². The molecule has 0 radical (unpaired) electrons. The van der Waals surface area contributed by atoms with Gasteiger partial charge in [-0.2, -0.15) is 0 Å². The average molecular weight is 238 g/mol. The largest absolute Gasteiger partial charge is 0.392 e. The highest BCUT2D eigenvalue weighted by atomic mass is 16.3. The van der Waals surface area contributed by atoms with Crippen molar-refractivity contribution < 1.29 is 5.11 Å². The first-order valence-electron chi connectivity index (χ1n) is 6.90. The number of aliphatic hydroxyl groups excluding tert-OH is 1. The summed E-state index contributed by atoms with van der Waals surface area (Å²) in [6.45, 7) is 7.39. The van der Waals surface area contributed by atoms with E-state index in [0.717, 1.165) is 25.2 Å². The van der Waals surface area contributed by atoms with Gasteiger partial charge in [-0.25, -0.2) is 4.98 Å². The number of imidazole rings is 1. The summed E-state index contributed by atoms with van der Waals surface area (Å²) in [6.07, 6.45) is 8.82. The van der Waals surface area contributed by atoms with E-state index in [1.165, 1.54) is 12.8 Å². The molecular weight excluding hydrogens is 212 g/mol. The fraction of sp³-hybridized carbons (Fsp3) is 0.786. The molecule has 1 rings (SSSR count). The SMILES string of the molecule is CCCCC(CC)C(O)Cc1nccn1CC. The lowest BCUT2D eigenvalue weighted by atomic mass is 9.91. The summed E-state index contributed by atoms with van der Waals surface area (Å²) in [5, 5.41) is 10.3. The molecule has 0 amide bonds. The first-order valence-corrected chi connectivity index (χ1v) is 6.90. The first kappa shape index (κ1) is 14.2. The minimum atomic E-state index is -0.251. The van der Waals surface area contributed by atoms with Crippen molar-refractivity contribution in [2.45, 2.75) is 65.5 Å². The van der Waals surface area contributed by atoms with Gasteiger partial charge in [0.1, 0.15) is 5.82 Å². The highest BCUT2D eigenvalue weighted by Crippen LogP contribution is 2.19. The number of aryl methyl sites for hydroxylation is 1. The molecule has 2 atom stereocenters. The quantitative estimate of drug-likeness (QED) is 0.756. The molecule has 0 aliphatic heterocycles. The van der Waals surface area contributed by atoms with Crippen LogP contribution in [0.3, 0.4) is 0 Å². The Labute approximate surface area is 105 Å². The van der Waals surface area contributed by atoms with E-state index in [1.807, 2.05) is 12.4 Å². The third kappa shape index (κ3) is 4.15. The molecule has 0 fully saturated rings. The molecule has 17 heavy (non-hydrogen) atoms. The third-order valence-electron chi connectivity index (χ3n) is 3.53. The average Bonchev–Trinajstić information content (AvgIpc) is 2.77. The molecule has 0 spiro atoms. The lowest BCUT2D eigenvalue weighted by Crippen LogP contribution is -2.24. The second kappa shape index (κ2) is 7.49. The summed E-state index contributed by atoms with van der Waals surface area (Å²) in [4.78, 5) is 4.33. The van der Waals surface area contributed by atoms with Gasteiger partial charge in [-0.1, -0.05) is 33.1 Å². The summed E-state index contributed by atoms with van der Waals surface area (Å²) in [7, 11) is 0. The van der Waals surface area contributed by atoms with Crippen molar-refractivity contribution in [3.63, 3.8) is 0 Å². The standard InChI is InChI=1S/C14H26N2O/c1-4-7-8-12(5-2)13(17)11-14-15-9-10-16(14)6-3/h9-10,12-13,17H,4-8,11H2,1-3H3. The maximum absolute atomic E-state index is 10.3. The van der Waals surface area contributed by atoms with Gasteiger partial charge in [0.05, 0.1) is 6.10 Å². The molecule has 98 valence electrons. The third-order valence-corrected chi connectivity index (χ3v) is 3.53. The lowest BCUT2D eigenvalue weighted by Gasteiger charge is -2.21. The Morgan fingerprint density at radius 2 is 2.12 bits per heavy atom. The zero-order valence-corrected chi connectivity index (χ0v) is 11.4. The number of aliphatic hydroxyl groups is 1. The van der Waals surface area contributed by atoms with E-state index in [0.29, 0.717) is 12.3 Å². The number of hydrogen-bond donors (Lipinski definition) is 1. The van der Waals surface area contributed by atoms with Crippen molar-refractivity contribution >= 4 is 0 Å². The summed E-state index contributed by atoms with van der Waals surface area (Å²) in [5.74, 6) is 1.42. The monoisotopic (exact) mass is 238 g/mol. The van der Waals surface area contributed by atoms with Gasteiger partial charge in [0.25, 0.3) is 0 Å². The molecule has 0 aliphatic rings. The van der Waals surface area contributed by atoms with Crippen molar-refractivity contribution in [3.8, 4) is 0 Å². The van der Waals surface area contributed by atoms with Gasteiger partial charge < -0.3 is 9.67 Å². The van der Waals surface area contributed by atoms with E-state index in [4.69, 9.17) is 0 Å². The molecule has 1 aromatic heterocycles. The van der Waals surface area contributed by atoms with Crippen LogP contribution in [0.5, 0.6) is 0 Å². The van der Waals surface area contributed by atoms with Crippen molar-refractivity contribution in [1.82, 2.24) is 9.55 Å². The predicted molar refractivity (Wildman–Crippen MR) is 70.9 cm³/mol. The van der Waals surface area contributed by atoms with Gasteiger partial charge in [-0.3, -0.25) is 0 Å². The van der Waals surface area contributed by atoms with Crippen LogP contribution < -0.4 is 0 Å². The van der Waals surface area contributed by atoms with E-state index < -0.39 is 0 Å². The Morgan fingerprint density at radius 3 is 2.71 bits per heavy atom. The Balaban J connectivity index is 2.54. The van der Waals surface area contributed by atoms with Gasteiger partial charge in [0, 0.05) is 25.4 Å². The molecule has 1 heterocycles. The first-order chi connectivity index (χ1) is 8.22. The minimum Gasteiger partial charge on any atom is -0.392 e. The van der Waals surface area contributed by atoms with E-state index in [2.05, 4.69) is 30.3 Å². The van der Waals surface area contributed by atoms with Gasteiger partial charge in [0.15, 0.2) is 0 Å². The molecule has 3 nitrogen and oxygen atoms in total. The van der Waals surface area contributed by atoms with Crippen molar-refractivity contribution in [1.29, 1.82) is 0 Å². The van der Waals surface area contributed by atoms with Crippen LogP contribution in [0.25, 0.3) is 0 Å². The van der Waals surface area contributed by atoms with Crippen LogP contribution in [0.4, 0.5) is 0 Å². The molecule has 1 N–H and O–H groups in total. The Kier molecular flexibility index (Phi) is 6.27. The van der Waals surface area contributed by atoms with Gasteiger partial charge in [0.2, 0.25) is 0 Å². The number of rotatable bonds is 8. The molecular formula is C14H26N2O. The molecule has 1 aromatic rings. The van der Waals surface area contributed by atoms with Crippen LogP contribution in [-0.4, -0.2) is 20.8 Å². The number of hydrogen-bond acceptors (Lipinski definition) is 2. The fourth-order valence-corrected chi connectivity index (χ4v) is 2.31. The maximum atomic E-state index is 10.3. The Bertz CT molecular complexity index is 309. The maximum Gasteiger partial charge on any atom is 0.111 e. The lowest BCUT2D eigenvalue weighted by molar-refractivity contribution is 0.0960. The molecule has 0 bridgehead atoms. The Morgan fingerprint density at radius 1 is 1.35 bits per heavy atom. The highest BCUT2D eigenvalue weighted by Gasteiger charge is 2.19. The normalized spacial score (nSPS) is 14.8. The van der Waals surface area contributed by atoms with Crippen molar-refractivity contribution in [3.05, 3.63) is 18.2 Å². The second-order valence-corrected chi connectivity index (χ2v) is 4.71. The molecule has 0 saturated carbocycles. The van der Waals surface area contributed by atoms with Crippen LogP contribution in [0.1, 0.15) is 52.3 Å². The zero-order valence-electron chi connectivity index (χ0n) is 11.4. The van der Waals surface area contributed by atoms with Crippen LogP contribution in [-0.2, 0) is 13.0 Å². The summed E-state index contributed by atoms with van der Waals surface area (Å²) in [6, 6.07) is 0. The van der Waals surface area contributed by atoms with Crippen molar-refractivity contribution in [2.24, 2.45) is 5.92 Å². The summed E-state index contributed by atoms with van der Waals surface area (Å²) < 4.78 is 2.11. The van der Waals surface area contributed by atoms with E-state index in [-0.39, 0.29) is 6.10 Å². The summed E-state index contributed by atoms with van der Waals surface area (Å²) in [5.41, 5.74) is 0. The Hall–Kier alpha value is -0.830. The van der Waals surface area contributed by atoms with Crippen LogP contribution in [0, 0.1) is 5.92 Å². The smallest absolute Gasteiger partial charge is 0.111 e. The second-order valence-electron chi connectivity index (χ2n) is 4.71. The zero-order chi connectivity index (χ0) is 12.7. The molecule has 3 heteroatoms. The molecule has 0 aliphatic carbocycles. The summed E-state index contributed by atoms with van der Waals surface area (Å²) >= 11 is 0. The highest BCUT2D eigenvalue weighted by molar-refractivity contribution is 4.95. The predicted octanol–water partition coefficient (Wildman–Crippen LogP) is 3.02. The molecule has 0 saturated heterocycles. The van der Waals surface area contributed by atoms with Crippen molar-refractivity contribution in [2.75, 3.05) is 0 Å². The molecule has 2 unspecified atom stereocenters. The van der Waals surface area contributed by atoms with Gasteiger partial charge >= 0.3 is 0 Å². The fourth-order valence-electron chi connectivity index (χ4n) is 2.31.